The molecule has 0 radical (unpaired) electrons. The number of benzene rings is 2. The Morgan fingerprint density at radius 2 is 0.919 bits per heavy atom. The maximum absolute atomic E-state index is 11.9. The van der Waals surface area contributed by atoms with Gasteiger partial charge in [0.15, 0.2) is 0 Å². The topological polar surface area (TPSA) is 166 Å². The van der Waals surface area contributed by atoms with E-state index in [1.54, 1.807) is 48.5 Å². The Bertz CT molecular complexity index is 1270. The van der Waals surface area contributed by atoms with Crippen LogP contribution >= 0.6 is 10.7 Å². The molecule has 2 aromatic carbocycles. The quantitative estimate of drug-likeness (QED) is 0.152. The van der Waals surface area contributed by atoms with Crippen LogP contribution in [0.2, 0.25) is 0 Å². The van der Waals surface area contributed by atoms with Crippen LogP contribution in [-0.2, 0) is 19.2 Å². The Morgan fingerprint density at radius 1 is 0.622 bits per heavy atom. The molecule has 0 aliphatic carbocycles. The maximum Gasteiger partial charge on any atom is 1.00 e. The standard InChI is InChI=1S/C11H10ClNO4S.C11H11NO5S.K/c12-18(16,17)7-3-6-13-10(14)8-4-1-2-5-9(8)11(13)15;13-10-8-4-1-2-5-9(8)11(14)12(10)6-3-7-18(15,16)17;/h1-2,4-5H,3,6-7H2;1-2,4-5H,3,6-7H2,(H,15,16,17);/q;;+1/p-1. The number of nitrogens with zero attached hydrogens (tertiary/aromatic N) is 2. The minimum atomic E-state index is -4.32. The van der Waals surface area contributed by atoms with Crippen LogP contribution in [0.1, 0.15) is 54.3 Å². The fraction of sp³-hybridized carbons (Fsp3) is 0.273. The molecular formula is C22H20ClKN2O9S2. The van der Waals surface area contributed by atoms with Crippen molar-refractivity contribution in [1.82, 2.24) is 9.80 Å². The molecule has 192 valence electrons. The summed E-state index contributed by atoms with van der Waals surface area (Å²) in [5.41, 5.74) is 1.34. The van der Waals surface area contributed by atoms with E-state index in [4.69, 9.17) is 10.7 Å². The summed E-state index contributed by atoms with van der Waals surface area (Å²) in [7, 11) is -2.85. The first-order valence-corrected chi connectivity index (χ1v) is 14.6. The number of amides is 4. The molecule has 2 aliphatic rings. The van der Waals surface area contributed by atoms with Gasteiger partial charge < -0.3 is 4.55 Å². The van der Waals surface area contributed by atoms with Crippen molar-refractivity contribution in [2.45, 2.75) is 12.8 Å². The fourth-order valence-corrected chi connectivity index (χ4v) is 4.96. The molecule has 0 saturated carbocycles. The van der Waals surface area contributed by atoms with Crippen LogP contribution in [0.5, 0.6) is 0 Å². The van der Waals surface area contributed by atoms with Crippen LogP contribution < -0.4 is 51.4 Å². The summed E-state index contributed by atoms with van der Waals surface area (Å²) >= 11 is 0. The van der Waals surface area contributed by atoms with Gasteiger partial charge in [0.05, 0.1) is 38.1 Å². The van der Waals surface area contributed by atoms with E-state index in [9.17, 15) is 40.6 Å². The number of fused-ring (bicyclic) bond motifs is 2. The first-order valence-electron chi connectivity index (χ1n) is 10.6. The van der Waals surface area contributed by atoms with Gasteiger partial charge in [-0.2, -0.15) is 0 Å². The van der Waals surface area contributed by atoms with E-state index in [1.165, 1.54) is 0 Å². The number of carbonyl (C=O) groups is 4. The molecule has 0 N–H and O–H groups in total. The van der Waals surface area contributed by atoms with Gasteiger partial charge in [0, 0.05) is 29.5 Å². The molecule has 0 bridgehead atoms. The van der Waals surface area contributed by atoms with Crippen molar-refractivity contribution >= 4 is 53.5 Å². The van der Waals surface area contributed by atoms with Crippen LogP contribution in [-0.4, -0.2) is 79.4 Å². The van der Waals surface area contributed by atoms with Crippen molar-refractivity contribution in [1.29, 1.82) is 0 Å². The number of rotatable bonds is 8. The molecule has 11 nitrogen and oxygen atoms in total. The zero-order valence-corrected chi connectivity index (χ0v) is 25.1. The Morgan fingerprint density at radius 3 is 1.19 bits per heavy atom. The Labute approximate surface area is 260 Å². The Balaban J connectivity index is 0.000000253. The van der Waals surface area contributed by atoms with Gasteiger partial charge in [0.25, 0.3) is 23.6 Å². The second kappa shape index (κ2) is 13.0. The van der Waals surface area contributed by atoms with Crippen molar-refractivity contribution < 1.29 is 92.0 Å². The third-order valence-corrected chi connectivity index (χ3v) is 7.33. The van der Waals surface area contributed by atoms with E-state index in [2.05, 4.69) is 0 Å². The second-order valence-corrected chi connectivity index (χ2v) is 12.2. The molecule has 0 saturated heterocycles. The van der Waals surface area contributed by atoms with Gasteiger partial charge in [0.2, 0.25) is 9.05 Å². The summed E-state index contributed by atoms with van der Waals surface area (Å²) in [6.07, 6.45) is 0.0919. The summed E-state index contributed by atoms with van der Waals surface area (Å²) in [6, 6.07) is 12.9. The van der Waals surface area contributed by atoms with E-state index in [0.29, 0.717) is 22.3 Å². The van der Waals surface area contributed by atoms with E-state index in [1.807, 2.05) is 0 Å². The predicted octanol–water partition coefficient (Wildman–Crippen LogP) is -1.54. The zero-order chi connectivity index (χ0) is 26.7. The molecule has 2 heterocycles. The van der Waals surface area contributed by atoms with Crippen molar-refractivity contribution in [3.8, 4) is 0 Å². The van der Waals surface area contributed by atoms with E-state index < -0.39 is 36.7 Å². The third kappa shape index (κ3) is 8.24. The van der Waals surface area contributed by atoms with E-state index in [-0.39, 0.29) is 94.9 Å². The minimum Gasteiger partial charge on any atom is -0.748 e. The van der Waals surface area contributed by atoms with E-state index >= 15 is 0 Å². The molecule has 0 atom stereocenters. The molecule has 15 heteroatoms. The van der Waals surface area contributed by atoms with Crippen LogP contribution in [0.15, 0.2) is 48.5 Å². The monoisotopic (exact) mass is 594 g/mol. The Hall–Kier alpha value is -1.49. The van der Waals surface area contributed by atoms with Crippen LogP contribution in [0, 0.1) is 0 Å². The predicted molar refractivity (Wildman–Crippen MR) is 127 cm³/mol. The van der Waals surface area contributed by atoms with Gasteiger partial charge in [-0.25, -0.2) is 16.8 Å². The van der Waals surface area contributed by atoms with Gasteiger partial charge in [-0.05, 0) is 37.1 Å². The van der Waals surface area contributed by atoms with Crippen LogP contribution in [0.3, 0.4) is 0 Å². The van der Waals surface area contributed by atoms with Crippen molar-refractivity contribution in [3.63, 3.8) is 0 Å². The molecular weight excluding hydrogens is 575 g/mol. The first kappa shape index (κ1) is 31.7. The summed E-state index contributed by atoms with van der Waals surface area (Å²) in [5, 5.41) is 0. The number of hydrogen-bond donors (Lipinski definition) is 0. The fourth-order valence-electron chi connectivity index (χ4n) is 3.68. The van der Waals surface area contributed by atoms with Gasteiger partial charge in [-0.15, -0.1) is 0 Å². The molecule has 0 aromatic heterocycles. The summed E-state index contributed by atoms with van der Waals surface area (Å²) in [6.45, 7) is -0.00782. The summed E-state index contributed by atoms with van der Waals surface area (Å²) in [5.74, 6) is -2.51. The molecule has 37 heavy (non-hydrogen) atoms. The van der Waals surface area contributed by atoms with Gasteiger partial charge in [-0.3, -0.25) is 29.0 Å². The number of carbonyl (C=O) groups excluding carboxylic acids is 4. The number of hydrogen-bond acceptors (Lipinski definition) is 9. The second-order valence-electron chi connectivity index (χ2n) is 7.83. The largest absolute Gasteiger partial charge is 1.00 e. The van der Waals surface area contributed by atoms with Crippen LogP contribution in [0.4, 0.5) is 0 Å². The molecule has 2 aromatic rings. The number of imide groups is 2. The number of halogens is 1. The van der Waals surface area contributed by atoms with Crippen LogP contribution in [0.25, 0.3) is 0 Å². The molecule has 4 rings (SSSR count). The summed E-state index contributed by atoms with van der Waals surface area (Å²) < 4.78 is 52.9. The molecule has 0 fully saturated rings. The van der Waals surface area contributed by atoms with Crippen molar-refractivity contribution in [2.24, 2.45) is 0 Å². The molecule has 0 unspecified atom stereocenters. The molecule has 4 amide bonds. The average Bonchev–Trinajstić information content (AvgIpc) is 3.19. The van der Waals surface area contributed by atoms with Gasteiger partial charge in [0.1, 0.15) is 0 Å². The third-order valence-electron chi connectivity index (χ3n) is 5.30. The SMILES string of the molecule is O=C1c2ccccc2C(=O)N1CCCS(=O)(=O)Cl.O=C1c2ccccc2C(=O)N1CCCS(=O)(=O)[O-].[K+]. The van der Waals surface area contributed by atoms with Gasteiger partial charge >= 0.3 is 51.4 Å². The van der Waals surface area contributed by atoms with Gasteiger partial charge in [-0.1, -0.05) is 24.3 Å². The maximum atomic E-state index is 11.9. The molecule has 0 spiro atoms. The van der Waals surface area contributed by atoms with E-state index in [0.717, 1.165) is 9.80 Å². The zero-order valence-electron chi connectivity index (χ0n) is 19.6. The van der Waals surface area contributed by atoms with Crippen molar-refractivity contribution in [2.75, 3.05) is 24.6 Å². The molecule has 2 aliphatic heterocycles. The Kier molecular flexibility index (Phi) is 11.2. The smallest absolute Gasteiger partial charge is 0.748 e. The first-order chi connectivity index (χ1) is 16.8. The minimum absolute atomic E-state index is 0. The average molecular weight is 595 g/mol. The normalized spacial score (nSPS) is 14.6. The summed E-state index contributed by atoms with van der Waals surface area (Å²) in [4.78, 5) is 49.5. The van der Waals surface area contributed by atoms with Crippen molar-refractivity contribution in [3.05, 3.63) is 70.8 Å².